The fraction of sp³-hybridized carbons (Fsp3) is 0.650. The lowest BCUT2D eigenvalue weighted by Crippen LogP contribution is -2.47. The van der Waals surface area contributed by atoms with Crippen LogP contribution in [0.5, 0.6) is 0 Å². The Labute approximate surface area is 140 Å². The van der Waals surface area contributed by atoms with E-state index >= 15 is 0 Å². The van der Waals surface area contributed by atoms with E-state index in [2.05, 4.69) is 54.4 Å². The van der Waals surface area contributed by atoms with Crippen molar-refractivity contribution in [2.24, 2.45) is 5.92 Å². The lowest BCUT2D eigenvalue weighted by molar-refractivity contribution is 0.184. The number of benzene rings is 1. The molecule has 2 aliphatic rings. The second kappa shape index (κ2) is 6.94. The average Bonchev–Trinajstić information content (AvgIpc) is 3.28. The Hall–Kier alpha value is -1.51. The molecule has 1 aromatic rings. The number of amides is 2. The molecule has 0 bridgehead atoms. The molecule has 0 atom stereocenters. The monoisotopic (exact) mass is 314 g/mol. The zero-order valence-electron chi connectivity index (χ0n) is 14.6. The molecule has 126 valence electrons. The van der Waals surface area contributed by atoms with Crippen LogP contribution < -0.4 is 5.32 Å². The van der Waals surface area contributed by atoms with Crippen molar-refractivity contribution in [2.75, 3.05) is 13.1 Å². The number of nitrogens with zero attached hydrogens (tertiary/aromatic N) is 1. The first-order valence-electron chi connectivity index (χ1n) is 9.21. The summed E-state index contributed by atoms with van der Waals surface area (Å²) < 4.78 is 0. The molecular weight excluding hydrogens is 284 g/mol. The third-order valence-corrected chi connectivity index (χ3v) is 5.34. The van der Waals surface area contributed by atoms with E-state index in [4.69, 9.17) is 0 Å². The van der Waals surface area contributed by atoms with Crippen molar-refractivity contribution in [3.8, 4) is 0 Å². The molecule has 23 heavy (non-hydrogen) atoms. The molecular formula is C20H30N2O. The van der Waals surface area contributed by atoms with Gasteiger partial charge < -0.3 is 10.2 Å². The summed E-state index contributed by atoms with van der Waals surface area (Å²) in [4.78, 5) is 14.8. The standard InChI is InChI=1S/C20H30N2O/c1-16(2)14-22(18-10-11-18)19(23)21-15-20(12-6-7-13-20)17-8-4-3-5-9-17/h3-5,8-9,16,18H,6-7,10-15H2,1-2H3,(H,21,23). The average molecular weight is 314 g/mol. The summed E-state index contributed by atoms with van der Waals surface area (Å²) in [7, 11) is 0. The quantitative estimate of drug-likeness (QED) is 0.833. The molecule has 2 fully saturated rings. The van der Waals surface area contributed by atoms with E-state index in [1.807, 2.05) is 0 Å². The van der Waals surface area contributed by atoms with Crippen molar-refractivity contribution in [3.05, 3.63) is 35.9 Å². The molecule has 0 spiro atoms. The van der Waals surface area contributed by atoms with Gasteiger partial charge in [-0.1, -0.05) is 57.0 Å². The molecule has 1 aromatic carbocycles. The summed E-state index contributed by atoms with van der Waals surface area (Å²) in [6, 6.07) is 11.4. The van der Waals surface area contributed by atoms with Gasteiger partial charge in [-0.3, -0.25) is 0 Å². The van der Waals surface area contributed by atoms with Gasteiger partial charge >= 0.3 is 6.03 Å². The Morgan fingerprint density at radius 1 is 1.22 bits per heavy atom. The van der Waals surface area contributed by atoms with Crippen molar-refractivity contribution >= 4 is 6.03 Å². The van der Waals surface area contributed by atoms with Crippen LogP contribution in [-0.2, 0) is 5.41 Å². The zero-order chi connectivity index (χ0) is 16.3. The predicted molar refractivity (Wildman–Crippen MR) is 94.6 cm³/mol. The Balaban J connectivity index is 1.66. The molecule has 0 radical (unpaired) electrons. The molecule has 3 nitrogen and oxygen atoms in total. The van der Waals surface area contributed by atoms with E-state index < -0.39 is 0 Å². The topological polar surface area (TPSA) is 32.3 Å². The molecule has 2 amide bonds. The first kappa shape index (κ1) is 16.4. The maximum absolute atomic E-state index is 12.7. The summed E-state index contributed by atoms with van der Waals surface area (Å²) in [6.07, 6.45) is 7.25. The predicted octanol–water partition coefficient (Wildman–Crippen LogP) is 4.33. The summed E-state index contributed by atoms with van der Waals surface area (Å²) in [6.45, 7) is 6.02. The molecule has 3 heteroatoms. The Morgan fingerprint density at radius 3 is 2.43 bits per heavy atom. The molecule has 0 aromatic heterocycles. The maximum Gasteiger partial charge on any atom is 0.317 e. The highest BCUT2D eigenvalue weighted by Gasteiger charge is 2.38. The molecule has 3 rings (SSSR count). The van der Waals surface area contributed by atoms with Crippen LogP contribution in [0.3, 0.4) is 0 Å². The molecule has 2 saturated carbocycles. The van der Waals surface area contributed by atoms with Crippen molar-refractivity contribution in [1.29, 1.82) is 0 Å². The largest absolute Gasteiger partial charge is 0.337 e. The van der Waals surface area contributed by atoms with Crippen molar-refractivity contribution in [1.82, 2.24) is 10.2 Å². The van der Waals surface area contributed by atoms with Gasteiger partial charge in [0.15, 0.2) is 0 Å². The van der Waals surface area contributed by atoms with Crippen molar-refractivity contribution in [2.45, 2.75) is 63.8 Å². The summed E-state index contributed by atoms with van der Waals surface area (Å²) >= 11 is 0. The van der Waals surface area contributed by atoms with E-state index in [1.165, 1.54) is 44.1 Å². The molecule has 1 N–H and O–H groups in total. The van der Waals surface area contributed by atoms with Crippen LogP contribution >= 0.6 is 0 Å². The van der Waals surface area contributed by atoms with Crippen LogP contribution in [0, 0.1) is 5.92 Å². The normalized spacial score (nSPS) is 19.8. The summed E-state index contributed by atoms with van der Waals surface area (Å²) in [5.41, 5.74) is 1.53. The minimum absolute atomic E-state index is 0.142. The van der Waals surface area contributed by atoms with Gasteiger partial charge in [0.2, 0.25) is 0 Å². The summed E-state index contributed by atoms with van der Waals surface area (Å²) in [5.74, 6) is 0.524. The van der Waals surface area contributed by atoms with Gasteiger partial charge in [-0.05, 0) is 37.2 Å². The molecule has 2 aliphatic carbocycles. The number of rotatable bonds is 6. The fourth-order valence-corrected chi connectivity index (χ4v) is 3.93. The van der Waals surface area contributed by atoms with Gasteiger partial charge in [0.1, 0.15) is 0 Å². The van der Waals surface area contributed by atoms with E-state index in [0.29, 0.717) is 12.0 Å². The number of hydrogen-bond donors (Lipinski definition) is 1. The SMILES string of the molecule is CC(C)CN(C(=O)NCC1(c2ccccc2)CCCC1)C1CC1. The second-order valence-electron chi connectivity index (χ2n) is 7.79. The van der Waals surface area contributed by atoms with Crippen LogP contribution in [0.4, 0.5) is 4.79 Å². The number of nitrogens with one attached hydrogen (secondary N) is 1. The Morgan fingerprint density at radius 2 is 1.87 bits per heavy atom. The second-order valence-corrected chi connectivity index (χ2v) is 7.79. The van der Waals surface area contributed by atoms with Crippen LogP contribution in [0.2, 0.25) is 0 Å². The van der Waals surface area contributed by atoms with Gasteiger partial charge in [-0.15, -0.1) is 0 Å². The van der Waals surface area contributed by atoms with Gasteiger partial charge in [0, 0.05) is 24.5 Å². The van der Waals surface area contributed by atoms with Crippen molar-refractivity contribution < 1.29 is 4.79 Å². The van der Waals surface area contributed by atoms with Gasteiger partial charge in [-0.25, -0.2) is 4.79 Å². The Bertz CT molecular complexity index is 516. The maximum atomic E-state index is 12.7. The van der Waals surface area contributed by atoms with Crippen LogP contribution in [0.1, 0.15) is 57.9 Å². The first-order chi connectivity index (χ1) is 11.1. The van der Waals surface area contributed by atoms with E-state index in [9.17, 15) is 4.79 Å². The lowest BCUT2D eigenvalue weighted by Gasteiger charge is -2.32. The van der Waals surface area contributed by atoms with E-state index in [1.54, 1.807) is 0 Å². The van der Waals surface area contributed by atoms with E-state index in [-0.39, 0.29) is 11.4 Å². The zero-order valence-corrected chi connectivity index (χ0v) is 14.6. The van der Waals surface area contributed by atoms with Crippen LogP contribution in [0.15, 0.2) is 30.3 Å². The van der Waals surface area contributed by atoms with Crippen molar-refractivity contribution in [3.63, 3.8) is 0 Å². The molecule has 0 heterocycles. The third kappa shape index (κ3) is 3.88. The lowest BCUT2D eigenvalue weighted by atomic mass is 9.79. The summed E-state index contributed by atoms with van der Waals surface area (Å²) in [5, 5.41) is 3.28. The number of hydrogen-bond acceptors (Lipinski definition) is 1. The smallest absolute Gasteiger partial charge is 0.317 e. The minimum Gasteiger partial charge on any atom is -0.337 e. The number of carbonyl (C=O) groups excluding carboxylic acids is 1. The first-order valence-corrected chi connectivity index (χ1v) is 9.21. The Kier molecular flexibility index (Phi) is 4.93. The highest BCUT2D eigenvalue weighted by atomic mass is 16.2. The van der Waals surface area contributed by atoms with E-state index in [0.717, 1.165) is 13.1 Å². The van der Waals surface area contributed by atoms with Gasteiger partial charge in [-0.2, -0.15) is 0 Å². The number of carbonyl (C=O) groups is 1. The van der Waals surface area contributed by atoms with Gasteiger partial charge in [0.05, 0.1) is 0 Å². The van der Waals surface area contributed by atoms with Crippen LogP contribution in [0.25, 0.3) is 0 Å². The third-order valence-electron chi connectivity index (χ3n) is 5.34. The highest BCUT2D eigenvalue weighted by molar-refractivity contribution is 5.75. The highest BCUT2D eigenvalue weighted by Crippen LogP contribution is 2.40. The van der Waals surface area contributed by atoms with Gasteiger partial charge in [0.25, 0.3) is 0 Å². The number of urea groups is 1. The molecule has 0 unspecified atom stereocenters. The fourth-order valence-electron chi connectivity index (χ4n) is 3.93. The molecule has 0 saturated heterocycles. The minimum atomic E-state index is 0.142. The molecule has 0 aliphatic heterocycles. The van der Waals surface area contributed by atoms with Crippen LogP contribution in [-0.4, -0.2) is 30.1 Å².